The van der Waals surface area contributed by atoms with Crippen molar-refractivity contribution in [3.63, 3.8) is 0 Å². The number of nitrogens with one attached hydrogen (secondary N) is 2. The molecule has 0 saturated carbocycles. The number of carbonyl (C=O) groups is 3. The minimum Gasteiger partial charge on any atom is -0.350 e. The van der Waals surface area contributed by atoms with Crippen LogP contribution in [0.2, 0.25) is 10.0 Å². The Morgan fingerprint density at radius 2 is 1.66 bits per heavy atom. The van der Waals surface area contributed by atoms with Crippen LogP contribution in [0.15, 0.2) is 58.6 Å². The van der Waals surface area contributed by atoms with Crippen LogP contribution in [-0.2, 0) is 9.59 Å². The van der Waals surface area contributed by atoms with Crippen LogP contribution in [0.4, 0.5) is 16.5 Å². The van der Waals surface area contributed by atoms with E-state index in [0.717, 1.165) is 10.6 Å². The van der Waals surface area contributed by atoms with Crippen LogP contribution >= 0.6 is 46.1 Å². The lowest BCUT2D eigenvalue weighted by Crippen LogP contribution is -2.32. The summed E-state index contributed by atoms with van der Waals surface area (Å²) in [6.45, 7) is 1.84. The highest BCUT2D eigenvalue weighted by molar-refractivity contribution is 7.13. The van der Waals surface area contributed by atoms with E-state index in [4.69, 9.17) is 34.8 Å². The lowest BCUT2D eigenvalue weighted by atomic mass is 10.2. The van der Waals surface area contributed by atoms with E-state index in [-0.39, 0.29) is 32.4 Å². The zero-order valence-corrected chi connectivity index (χ0v) is 19.4. The van der Waals surface area contributed by atoms with Crippen molar-refractivity contribution in [1.29, 1.82) is 0 Å². The number of hydrogen-bond donors (Lipinski definition) is 2. The van der Waals surface area contributed by atoms with Crippen molar-refractivity contribution in [3.05, 3.63) is 79.9 Å². The van der Waals surface area contributed by atoms with E-state index in [2.05, 4.69) is 15.6 Å². The summed E-state index contributed by atoms with van der Waals surface area (Å²) in [5.41, 5.74) is 1.79. The van der Waals surface area contributed by atoms with Gasteiger partial charge in [0.15, 0.2) is 5.13 Å². The van der Waals surface area contributed by atoms with Crippen LogP contribution in [0.5, 0.6) is 0 Å². The highest BCUT2D eigenvalue weighted by Crippen LogP contribution is 2.33. The summed E-state index contributed by atoms with van der Waals surface area (Å²) in [5.74, 6) is -1.68. The summed E-state index contributed by atoms with van der Waals surface area (Å²) < 4.78 is 0. The lowest BCUT2D eigenvalue weighted by Gasteiger charge is -2.16. The van der Waals surface area contributed by atoms with Gasteiger partial charge in [-0.25, -0.2) is 9.88 Å². The summed E-state index contributed by atoms with van der Waals surface area (Å²) in [7, 11) is 0. The summed E-state index contributed by atoms with van der Waals surface area (Å²) in [5, 5.41) is 8.17. The number of carbonyl (C=O) groups excluding carboxylic acids is 3. The average molecular weight is 508 g/mol. The molecule has 32 heavy (non-hydrogen) atoms. The maximum absolute atomic E-state index is 12.9. The lowest BCUT2D eigenvalue weighted by molar-refractivity contribution is -0.120. The van der Waals surface area contributed by atoms with E-state index in [1.165, 1.54) is 29.5 Å². The molecule has 0 bridgehead atoms. The standard InChI is InChI=1S/C21H13Cl3N4O3S/c1-10-9-32-21(25-10)27-18(29)11-2-4-14(5-3-11)26-17-16(24)19(30)28(20(17)31)15-7-12(22)6-13(23)8-15/h2-9,26H,1H3,(H,25,27,29). The van der Waals surface area contributed by atoms with Gasteiger partial charge in [0.2, 0.25) is 0 Å². The topological polar surface area (TPSA) is 91.4 Å². The number of hydrogen-bond acceptors (Lipinski definition) is 6. The monoisotopic (exact) mass is 506 g/mol. The largest absolute Gasteiger partial charge is 0.350 e. The summed E-state index contributed by atoms with van der Waals surface area (Å²) in [6.07, 6.45) is 0. The third kappa shape index (κ3) is 4.49. The highest BCUT2D eigenvalue weighted by atomic mass is 35.5. The summed E-state index contributed by atoms with van der Waals surface area (Å²) in [6, 6.07) is 10.7. The second-order valence-corrected chi connectivity index (χ2v) is 8.82. The molecule has 162 valence electrons. The third-order valence-electron chi connectivity index (χ3n) is 4.39. The van der Waals surface area contributed by atoms with Crippen LogP contribution in [0.1, 0.15) is 16.1 Å². The van der Waals surface area contributed by atoms with Crippen LogP contribution < -0.4 is 15.5 Å². The number of anilines is 3. The van der Waals surface area contributed by atoms with E-state index < -0.39 is 11.8 Å². The minimum absolute atomic E-state index is 0.0942. The molecule has 2 N–H and O–H groups in total. The predicted molar refractivity (Wildman–Crippen MR) is 127 cm³/mol. The van der Waals surface area contributed by atoms with E-state index in [0.29, 0.717) is 16.4 Å². The zero-order valence-electron chi connectivity index (χ0n) is 16.3. The molecule has 7 nitrogen and oxygen atoms in total. The first-order valence-electron chi connectivity index (χ1n) is 9.08. The van der Waals surface area contributed by atoms with Gasteiger partial charge in [-0.05, 0) is 49.4 Å². The Hall–Kier alpha value is -2.91. The third-order valence-corrected chi connectivity index (χ3v) is 6.05. The molecule has 3 amide bonds. The number of aryl methyl sites for hydroxylation is 1. The molecule has 2 aromatic carbocycles. The molecule has 0 radical (unpaired) electrons. The second-order valence-electron chi connectivity index (χ2n) is 6.71. The molecule has 0 unspecified atom stereocenters. The Morgan fingerprint density at radius 1 is 1.00 bits per heavy atom. The molecule has 1 aromatic heterocycles. The van der Waals surface area contributed by atoms with Crippen molar-refractivity contribution in [2.45, 2.75) is 6.92 Å². The van der Waals surface area contributed by atoms with Gasteiger partial charge in [0.25, 0.3) is 17.7 Å². The Morgan fingerprint density at radius 3 is 2.25 bits per heavy atom. The van der Waals surface area contributed by atoms with Crippen molar-refractivity contribution >= 4 is 80.4 Å². The first-order valence-corrected chi connectivity index (χ1v) is 11.1. The summed E-state index contributed by atoms with van der Waals surface area (Å²) in [4.78, 5) is 42.9. The quantitative estimate of drug-likeness (QED) is 0.448. The van der Waals surface area contributed by atoms with Crippen LogP contribution in [0.25, 0.3) is 0 Å². The maximum Gasteiger partial charge on any atom is 0.283 e. The van der Waals surface area contributed by atoms with E-state index in [1.54, 1.807) is 24.3 Å². The summed E-state index contributed by atoms with van der Waals surface area (Å²) >= 11 is 19.4. The van der Waals surface area contributed by atoms with Gasteiger partial charge in [0.05, 0.1) is 11.4 Å². The number of thiazole rings is 1. The number of rotatable bonds is 5. The molecule has 3 aromatic rings. The molecule has 0 saturated heterocycles. The van der Waals surface area contributed by atoms with Crippen molar-refractivity contribution in [2.24, 2.45) is 0 Å². The van der Waals surface area contributed by atoms with Crippen molar-refractivity contribution in [3.8, 4) is 0 Å². The van der Waals surface area contributed by atoms with Gasteiger partial charge in [-0.2, -0.15) is 0 Å². The van der Waals surface area contributed by atoms with Gasteiger partial charge in [0.1, 0.15) is 10.7 Å². The van der Waals surface area contributed by atoms with Gasteiger partial charge in [-0.3, -0.25) is 19.7 Å². The molecule has 1 aliphatic rings. The fourth-order valence-electron chi connectivity index (χ4n) is 2.94. The molecule has 1 aliphatic heterocycles. The van der Waals surface area contributed by atoms with Gasteiger partial charge < -0.3 is 5.32 Å². The van der Waals surface area contributed by atoms with Crippen molar-refractivity contribution in [2.75, 3.05) is 15.5 Å². The molecule has 4 rings (SSSR count). The van der Waals surface area contributed by atoms with Crippen LogP contribution in [0.3, 0.4) is 0 Å². The Bertz CT molecular complexity index is 1270. The van der Waals surface area contributed by atoms with Gasteiger partial charge in [0, 0.05) is 26.7 Å². The first-order chi connectivity index (χ1) is 15.2. The molecular formula is C21H13Cl3N4O3S. The number of benzene rings is 2. The second kappa shape index (κ2) is 8.91. The first kappa shape index (κ1) is 22.3. The minimum atomic E-state index is -0.702. The molecule has 0 fully saturated rings. The van der Waals surface area contributed by atoms with Crippen LogP contribution in [0, 0.1) is 6.92 Å². The Balaban J connectivity index is 1.50. The fraction of sp³-hybridized carbons (Fsp3) is 0.0476. The SMILES string of the molecule is Cc1csc(NC(=O)c2ccc(NC3=C(Cl)C(=O)N(c4cc(Cl)cc(Cl)c4)C3=O)cc2)n1. The number of imide groups is 1. The molecule has 0 aliphatic carbocycles. The smallest absolute Gasteiger partial charge is 0.283 e. The van der Waals surface area contributed by atoms with Gasteiger partial charge >= 0.3 is 0 Å². The number of nitrogens with zero attached hydrogens (tertiary/aromatic N) is 2. The normalized spacial score (nSPS) is 13.7. The highest BCUT2D eigenvalue weighted by Gasteiger charge is 2.39. The van der Waals surface area contributed by atoms with Crippen molar-refractivity contribution in [1.82, 2.24) is 4.98 Å². The molecule has 11 heteroatoms. The number of aromatic nitrogens is 1. The van der Waals surface area contributed by atoms with Gasteiger partial charge in [-0.15, -0.1) is 11.3 Å². The van der Waals surface area contributed by atoms with Crippen LogP contribution in [-0.4, -0.2) is 22.7 Å². The van der Waals surface area contributed by atoms with E-state index in [1.807, 2.05) is 12.3 Å². The zero-order chi connectivity index (χ0) is 23.0. The molecule has 0 atom stereocenters. The Labute approximate surface area is 201 Å². The fourth-order valence-corrected chi connectivity index (χ4v) is 4.35. The van der Waals surface area contributed by atoms with Gasteiger partial charge in [-0.1, -0.05) is 34.8 Å². The average Bonchev–Trinajstić information content (AvgIpc) is 3.23. The van der Waals surface area contributed by atoms with Crippen molar-refractivity contribution < 1.29 is 14.4 Å². The van der Waals surface area contributed by atoms with E-state index >= 15 is 0 Å². The van der Waals surface area contributed by atoms with E-state index in [9.17, 15) is 14.4 Å². The number of amides is 3. The number of halogens is 3. The molecule has 2 heterocycles. The molecular weight excluding hydrogens is 495 g/mol. The maximum atomic E-state index is 12.9. The Kier molecular flexibility index (Phi) is 6.21. The predicted octanol–water partition coefficient (Wildman–Crippen LogP) is 5.45. The molecule has 0 spiro atoms.